The van der Waals surface area contributed by atoms with Crippen LogP contribution in [0.4, 0.5) is 0 Å². The number of thiophene rings is 1. The zero-order valence-corrected chi connectivity index (χ0v) is 16.8. The Morgan fingerprint density at radius 2 is 1.86 bits per heavy atom. The number of nitrogens with zero attached hydrogens (tertiary/aromatic N) is 6. The molecule has 0 aliphatic carbocycles. The fourth-order valence-corrected chi connectivity index (χ4v) is 4.65. The van der Waals surface area contributed by atoms with Gasteiger partial charge in [-0.2, -0.15) is 0 Å². The number of carbonyl (C=O) groups excluding carboxylic acids is 1. The van der Waals surface area contributed by atoms with E-state index < -0.39 is 0 Å². The number of fused-ring (bicyclic) bond motifs is 1. The van der Waals surface area contributed by atoms with Crippen LogP contribution in [0, 0.1) is 0 Å². The Bertz CT molecular complexity index is 1130. The SMILES string of the molecule is CN1CCN(C(=O)c2cc(-c3cc4ccccc4s3)cc(-n3cnnn3)c2)CC1. The number of hydrogen-bond donors (Lipinski definition) is 0. The van der Waals surface area contributed by atoms with Gasteiger partial charge in [0.15, 0.2) is 0 Å². The summed E-state index contributed by atoms with van der Waals surface area (Å²) in [7, 11) is 2.08. The Kier molecular flexibility index (Phi) is 4.57. The van der Waals surface area contributed by atoms with Crippen LogP contribution in [0.2, 0.25) is 0 Å². The molecule has 7 nitrogen and oxygen atoms in total. The van der Waals surface area contributed by atoms with Gasteiger partial charge in [0.1, 0.15) is 6.33 Å². The van der Waals surface area contributed by atoms with E-state index in [1.54, 1.807) is 22.3 Å². The minimum absolute atomic E-state index is 0.0513. The summed E-state index contributed by atoms with van der Waals surface area (Å²) in [6.07, 6.45) is 1.55. The summed E-state index contributed by atoms with van der Waals surface area (Å²) in [4.78, 5) is 18.5. The minimum Gasteiger partial charge on any atom is -0.336 e. The Hall–Kier alpha value is -3.10. The van der Waals surface area contributed by atoms with E-state index in [1.165, 1.54) is 10.1 Å². The molecule has 1 aliphatic rings. The third-order valence-corrected chi connectivity index (χ3v) is 6.44. The molecule has 2 aromatic carbocycles. The van der Waals surface area contributed by atoms with Crippen molar-refractivity contribution in [2.24, 2.45) is 0 Å². The van der Waals surface area contributed by atoms with Crippen molar-refractivity contribution >= 4 is 27.3 Å². The van der Waals surface area contributed by atoms with Gasteiger partial charge in [-0.3, -0.25) is 4.79 Å². The molecule has 1 aliphatic heterocycles. The normalized spacial score (nSPS) is 15.1. The van der Waals surface area contributed by atoms with Crippen LogP contribution in [0.3, 0.4) is 0 Å². The molecule has 0 atom stereocenters. The molecule has 0 unspecified atom stereocenters. The van der Waals surface area contributed by atoms with E-state index in [-0.39, 0.29) is 5.91 Å². The van der Waals surface area contributed by atoms with Crippen molar-refractivity contribution in [2.75, 3.05) is 33.2 Å². The molecular formula is C21H20N6OS. The van der Waals surface area contributed by atoms with Gasteiger partial charge in [0.2, 0.25) is 0 Å². The molecule has 29 heavy (non-hydrogen) atoms. The van der Waals surface area contributed by atoms with Crippen LogP contribution >= 0.6 is 11.3 Å². The smallest absolute Gasteiger partial charge is 0.254 e. The van der Waals surface area contributed by atoms with Crippen LogP contribution in [0.1, 0.15) is 10.4 Å². The minimum atomic E-state index is 0.0513. The second-order valence-corrected chi connectivity index (χ2v) is 8.35. The number of aromatic nitrogens is 4. The lowest BCUT2D eigenvalue weighted by Gasteiger charge is -2.32. The van der Waals surface area contributed by atoms with Gasteiger partial charge in [-0.05, 0) is 58.8 Å². The van der Waals surface area contributed by atoms with Gasteiger partial charge in [0.25, 0.3) is 5.91 Å². The van der Waals surface area contributed by atoms with E-state index in [9.17, 15) is 4.79 Å². The lowest BCUT2D eigenvalue weighted by atomic mass is 10.1. The first kappa shape index (κ1) is 18.0. The van der Waals surface area contributed by atoms with Crippen LogP contribution in [0.25, 0.3) is 26.2 Å². The maximum Gasteiger partial charge on any atom is 0.254 e. The molecule has 0 saturated carbocycles. The molecule has 0 radical (unpaired) electrons. The molecule has 146 valence electrons. The van der Waals surface area contributed by atoms with Gasteiger partial charge in [-0.15, -0.1) is 16.4 Å². The predicted octanol–water partition coefficient (Wildman–Crippen LogP) is 2.93. The van der Waals surface area contributed by atoms with Crippen molar-refractivity contribution < 1.29 is 4.79 Å². The topological polar surface area (TPSA) is 67.2 Å². The number of carbonyl (C=O) groups is 1. The van der Waals surface area contributed by atoms with Gasteiger partial charge in [-0.1, -0.05) is 18.2 Å². The second-order valence-electron chi connectivity index (χ2n) is 7.27. The van der Waals surface area contributed by atoms with Gasteiger partial charge in [-0.25, -0.2) is 4.68 Å². The highest BCUT2D eigenvalue weighted by Gasteiger charge is 2.22. The Balaban J connectivity index is 1.58. The largest absolute Gasteiger partial charge is 0.336 e. The molecule has 0 spiro atoms. The van der Waals surface area contributed by atoms with Crippen molar-refractivity contribution in [2.45, 2.75) is 0 Å². The van der Waals surface area contributed by atoms with Crippen molar-refractivity contribution in [3.05, 3.63) is 60.4 Å². The summed E-state index contributed by atoms with van der Waals surface area (Å²) in [6, 6.07) is 16.4. The Morgan fingerprint density at radius 1 is 1.03 bits per heavy atom. The summed E-state index contributed by atoms with van der Waals surface area (Å²) in [5.74, 6) is 0.0513. The second kappa shape index (κ2) is 7.38. The Morgan fingerprint density at radius 3 is 2.62 bits per heavy atom. The average molecular weight is 404 g/mol. The number of benzene rings is 2. The van der Waals surface area contributed by atoms with Crippen molar-refractivity contribution in [1.82, 2.24) is 30.0 Å². The summed E-state index contributed by atoms with van der Waals surface area (Å²) in [5.41, 5.74) is 2.44. The summed E-state index contributed by atoms with van der Waals surface area (Å²) in [6.45, 7) is 3.26. The van der Waals surface area contributed by atoms with Gasteiger partial charge >= 0.3 is 0 Å². The number of tetrazole rings is 1. The number of amides is 1. The zero-order chi connectivity index (χ0) is 19.8. The molecule has 1 amide bonds. The maximum absolute atomic E-state index is 13.2. The molecule has 3 heterocycles. The quantitative estimate of drug-likeness (QED) is 0.525. The molecule has 1 fully saturated rings. The number of piperazine rings is 1. The molecule has 5 rings (SSSR count). The van der Waals surface area contributed by atoms with E-state index in [4.69, 9.17) is 0 Å². The molecular weight excluding hydrogens is 384 g/mol. The third-order valence-electron chi connectivity index (χ3n) is 5.28. The van der Waals surface area contributed by atoms with Gasteiger partial charge in [0, 0.05) is 41.3 Å². The van der Waals surface area contributed by atoms with Crippen LogP contribution < -0.4 is 0 Å². The van der Waals surface area contributed by atoms with Crippen LogP contribution in [-0.4, -0.2) is 69.1 Å². The van der Waals surface area contributed by atoms with Crippen molar-refractivity contribution in [1.29, 1.82) is 0 Å². The standard InChI is InChI=1S/C21H20N6OS/c1-25-6-8-26(9-7-25)21(28)17-10-16(11-18(12-17)27-14-22-23-24-27)20-13-15-4-2-3-5-19(15)29-20/h2-5,10-14H,6-9H2,1H3. The van der Waals surface area contributed by atoms with E-state index in [0.717, 1.165) is 42.3 Å². The van der Waals surface area contributed by atoms with Crippen LogP contribution in [0.15, 0.2) is 54.9 Å². The van der Waals surface area contributed by atoms with Crippen LogP contribution in [0.5, 0.6) is 0 Å². The maximum atomic E-state index is 13.2. The van der Waals surface area contributed by atoms with E-state index >= 15 is 0 Å². The summed E-state index contributed by atoms with van der Waals surface area (Å²) < 4.78 is 2.82. The molecule has 0 bridgehead atoms. The van der Waals surface area contributed by atoms with Crippen molar-refractivity contribution in [3.63, 3.8) is 0 Å². The number of likely N-dealkylation sites (N-methyl/N-ethyl adjacent to an activating group) is 1. The molecule has 2 aromatic heterocycles. The monoisotopic (exact) mass is 404 g/mol. The highest BCUT2D eigenvalue weighted by molar-refractivity contribution is 7.22. The van der Waals surface area contributed by atoms with E-state index in [0.29, 0.717) is 5.56 Å². The van der Waals surface area contributed by atoms with E-state index in [1.807, 2.05) is 35.2 Å². The molecule has 1 saturated heterocycles. The molecule has 0 N–H and O–H groups in total. The molecule has 8 heteroatoms. The first-order valence-electron chi connectivity index (χ1n) is 9.52. The molecule has 4 aromatic rings. The predicted molar refractivity (Wildman–Crippen MR) is 113 cm³/mol. The average Bonchev–Trinajstić information content (AvgIpc) is 3.43. The van der Waals surface area contributed by atoms with Gasteiger partial charge in [0.05, 0.1) is 5.69 Å². The van der Waals surface area contributed by atoms with Gasteiger partial charge < -0.3 is 9.80 Å². The third kappa shape index (κ3) is 3.52. The first-order valence-corrected chi connectivity index (χ1v) is 10.3. The lowest BCUT2D eigenvalue weighted by molar-refractivity contribution is 0.0664. The highest BCUT2D eigenvalue weighted by Crippen LogP contribution is 2.35. The number of hydrogen-bond acceptors (Lipinski definition) is 6. The van der Waals surface area contributed by atoms with E-state index in [2.05, 4.69) is 45.7 Å². The zero-order valence-electron chi connectivity index (χ0n) is 16.0. The fraction of sp³-hybridized carbons (Fsp3) is 0.238. The van der Waals surface area contributed by atoms with Crippen LogP contribution in [-0.2, 0) is 0 Å². The highest BCUT2D eigenvalue weighted by atomic mass is 32.1. The summed E-state index contributed by atoms with van der Waals surface area (Å²) >= 11 is 1.72. The number of rotatable bonds is 3. The first-order chi connectivity index (χ1) is 14.2. The van der Waals surface area contributed by atoms with Crippen molar-refractivity contribution in [3.8, 4) is 16.1 Å². The Labute approximate surface area is 172 Å². The summed E-state index contributed by atoms with van der Waals surface area (Å²) in [5, 5.41) is 12.7. The lowest BCUT2D eigenvalue weighted by Crippen LogP contribution is -2.47. The fourth-order valence-electron chi connectivity index (χ4n) is 3.61.